The number of hydrogen-bond acceptors (Lipinski definition) is 4. The summed E-state index contributed by atoms with van der Waals surface area (Å²) in [4.78, 5) is 38.5. The summed E-state index contributed by atoms with van der Waals surface area (Å²) in [5.41, 5.74) is 0.852. The second-order valence-electron chi connectivity index (χ2n) is 9.76. The van der Waals surface area contributed by atoms with E-state index in [-0.39, 0.29) is 42.2 Å². The van der Waals surface area contributed by atoms with Crippen molar-refractivity contribution in [3.63, 3.8) is 0 Å². The Bertz CT molecular complexity index is 1120. The number of guanidine groups is 1. The number of nitrogens with zero attached hydrogens (tertiary/aromatic N) is 1. The van der Waals surface area contributed by atoms with Crippen molar-refractivity contribution in [2.45, 2.75) is 58.7 Å². The van der Waals surface area contributed by atoms with E-state index in [0.29, 0.717) is 18.5 Å². The molecule has 3 rings (SSSR count). The van der Waals surface area contributed by atoms with Gasteiger partial charge in [-0.15, -0.1) is 0 Å². The van der Waals surface area contributed by atoms with Crippen LogP contribution in [-0.4, -0.2) is 40.7 Å². The van der Waals surface area contributed by atoms with Crippen molar-refractivity contribution in [1.29, 1.82) is 5.41 Å². The molecule has 1 fully saturated rings. The maximum Gasteiger partial charge on any atom is 0.251 e. The molecule has 0 bridgehead atoms. The highest BCUT2D eigenvalue weighted by atomic mass is 19.1. The highest BCUT2D eigenvalue weighted by Crippen LogP contribution is 2.27. The summed E-state index contributed by atoms with van der Waals surface area (Å²) in [6, 6.07) is 12.9. The lowest BCUT2D eigenvalue weighted by Crippen LogP contribution is -2.62. The maximum absolute atomic E-state index is 14.5. The summed E-state index contributed by atoms with van der Waals surface area (Å²) in [6.07, 6.45) is 0.667. The van der Waals surface area contributed by atoms with Gasteiger partial charge in [-0.25, -0.2) is 4.39 Å². The molecule has 0 unspecified atom stereocenters. The van der Waals surface area contributed by atoms with E-state index in [0.717, 1.165) is 11.6 Å². The first kappa shape index (κ1) is 26.8. The summed E-state index contributed by atoms with van der Waals surface area (Å²) in [5, 5.41) is 17.1. The van der Waals surface area contributed by atoms with Crippen molar-refractivity contribution in [3.05, 3.63) is 71.0 Å². The van der Waals surface area contributed by atoms with Crippen molar-refractivity contribution < 1.29 is 18.8 Å². The van der Waals surface area contributed by atoms with Gasteiger partial charge in [0.05, 0.1) is 19.0 Å². The van der Waals surface area contributed by atoms with Gasteiger partial charge in [-0.05, 0) is 48.6 Å². The second-order valence-corrected chi connectivity index (χ2v) is 9.76. The van der Waals surface area contributed by atoms with Crippen LogP contribution < -0.4 is 16.0 Å². The van der Waals surface area contributed by atoms with Crippen LogP contribution >= 0.6 is 0 Å². The number of amides is 3. The van der Waals surface area contributed by atoms with Gasteiger partial charge in [0.1, 0.15) is 5.82 Å². The monoisotopic (exact) mass is 495 g/mol. The molecule has 0 saturated carbocycles. The van der Waals surface area contributed by atoms with Crippen LogP contribution in [0.15, 0.2) is 48.5 Å². The standard InChI is InChI=1S/C27H34FN5O3/c1-17(2)27(4)15-24(35)33(26(29)32-27)16-19-12-21(14-22(28)13-19)25(36)31-23(10-11-30-18(3)34)20-8-6-5-7-9-20/h5-9,12-14,17,23H,10-11,15-16H2,1-4H3,(H2,29,32)(H,30,34)(H,31,36)/t23-,27-/m0/s1. The molecule has 2 aromatic carbocycles. The zero-order chi connectivity index (χ0) is 26.5. The van der Waals surface area contributed by atoms with E-state index in [2.05, 4.69) is 16.0 Å². The van der Waals surface area contributed by atoms with Crippen molar-refractivity contribution in [2.75, 3.05) is 6.54 Å². The predicted molar refractivity (Wildman–Crippen MR) is 136 cm³/mol. The topological polar surface area (TPSA) is 114 Å². The first-order valence-corrected chi connectivity index (χ1v) is 12.1. The lowest BCUT2D eigenvalue weighted by molar-refractivity contribution is -0.131. The van der Waals surface area contributed by atoms with Crippen LogP contribution in [0.2, 0.25) is 0 Å². The van der Waals surface area contributed by atoms with Crippen LogP contribution in [0.25, 0.3) is 0 Å². The third-order valence-corrected chi connectivity index (χ3v) is 6.64. The zero-order valence-electron chi connectivity index (χ0n) is 21.2. The normalized spacial score (nSPS) is 18.6. The first-order chi connectivity index (χ1) is 17.0. The molecule has 0 aromatic heterocycles. The molecular weight excluding hydrogens is 461 g/mol. The number of carbonyl (C=O) groups excluding carboxylic acids is 3. The van der Waals surface area contributed by atoms with Gasteiger partial charge in [-0.2, -0.15) is 0 Å². The Kier molecular flexibility index (Phi) is 8.45. The van der Waals surface area contributed by atoms with E-state index in [1.54, 1.807) is 0 Å². The van der Waals surface area contributed by atoms with Gasteiger partial charge in [-0.3, -0.25) is 24.7 Å². The molecule has 3 amide bonds. The van der Waals surface area contributed by atoms with Gasteiger partial charge in [-0.1, -0.05) is 44.2 Å². The van der Waals surface area contributed by atoms with Crippen molar-refractivity contribution >= 4 is 23.7 Å². The van der Waals surface area contributed by atoms with E-state index in [9.17, 15) is 18.8 Å². The van der Waals surface area contributed by atoms with Crippen molar-refractivity contribution in [2.24, 2.45) is 5.92 Å². The van der Waals surface area contributed by atoms with Gasteiger partial charge in [0.25, 0.3) is 5.91 Å². The van der Waals surface area contributed by atoms with E-state index in [1.165, 1.54) is 24.0 Å². The predicted octanol–water partition coefficient (Wildman–Crippen LogP) is 3.49. The molecule has 0 aliphatic carbocycles. The number of halogens is 1. The molecule has 0 radical (unpaired) electrons. The highest BCUT2D eigenvalue weighted by Gasteiger charge is 2.40. The molecule has 0 spiro atoms. The van der Waals surface area contributed by atoms with Crippen molar-refractivity contribution in [3.8, 4) is 0 Å². The minimum atomic E-state index is -0.608. The Morgan fingerprint density at radius 2 is 1.89 bits per heavy atom. The minimum Gasteiger partial charge on any atom is -0.356 e. The van der Waals surface area contributed by atoms with Gasteiger partial charge in [0.15, 0.2) is 5.96 Å². The number of carbonyl (C=O) groups is 3. The van der Waals surface area contributed by atoms with Gasteiger partial charge < -0.3 is 16.0 Å². The van der Waals surface area contributed by atoms with E-state index >= 15 is 0 Å². The first-order valence-electron chi connectivity index (χ1n) is 12.1. The SMILES string of the molecule is CC(=O)NCC[C@H](NC(=O)c1cc(F)cc(CN2C(=N)N[C@](C)(C(C)C)CC2=O)c1)c1ccccc1. The van der Waals surface area contributed by atoms with Crippen LogP contribution in [0, 0.1) is 17.1 Å². The Hall–Kier alpha value is -3.75. The molecule has 36 heavy (non-hydrogen) atoms. The molecule has 4 N–H and O–H groups in total. The molecule has 1 saturated heterocycles. The summed E-state index contributed by atoms with van der Waals surface area (Å²) in [5.74, 6) is -1.38. The molecule has 9 heteroatoms. The highest BCUT2D eigenvalue weighted by molar-refractivity contribution is 5.99. The van der Waals surface area contributed by atoms with Crippen LogP contribution in [-0.2, 0) is 16.1 Å². The number of rotatable bonds is 9. The molecule has 1 aliphatic rings. The average Bonchev–Trinajstić information content (AvgIpc) is 2.80. The molecule has 192 valence electrons. The lowest BCUT2D eigenvalue weighted by atomic mass is 9.83. The number of benzene rings is 2. The number of hydrogen-bond donors (Lipinski definition) is 4. The van der Waals surface area contributed by atoms with Crippen LogP contribution in [0.1, 0.15) is 68.1 Å². The number of nitrogens with one attached hydrogen (secondary N) is 4. The Labute approximate surface area is 211 Å². The quantitative estimate of drug-likeness (QED) is 0.426. The van der Waals surface area contributed by atoms with E-state index < -0.39 is 23.3 Å². The lowest BCUT2D eigenvalue weighted by Gasteiger charge is -2.43. The summed E-state index contributed by atoms with van der Waals surface area (Å²) in [7, 11) is 0. The fourth-order valence-electron chi connectivity index (χ4n) is 4.13. The summed E-state index contributed by atoms with van der Waals surface area (Å²) < 4.78 is 14.5. The molecule has 1 aliphatic heterocycles. The summed E-state index contributed by atoms with van der Waals surface area (Å²) in [6.45, 7) is 7.64. The third kappa shape index (κ3) is 6.68. The fourth-order valence-corrected chi connectivity index (χ4v) is 4.13. The van der Waals surface area contributed by atoms with Crippen LogP contribution in [0.5, 0.6) is 0 Å². The van der Waals surface area contributed by atoms with Gasteiger partial charge in [0, 0.05) is 24.6 Å². The van der Waals surface area contributed by atoms with E-state index in [1.807, 2.05) is 51.1 Å². The molecule has 2 aromatic rings. The molecule has 2 atom stereocenters. The second kappa shape index (κ2) is 11.3. The van der Waals surface area contributed by atoms with E-state index in [4.69, 9.17) is 5.41 Å². The van der Waals surface area contributed by atoms with Crippen molar-refractivity contribution in [1.82, 2.24) is 20.9 Å². The largest absolute Gasteiger partial charge is 0.356 e. The Balaban J connectivity index is 1.76. The maximum atomic E-state index is 14.5. The third-order valence-electron chi connectivity index (χ3n) is 6.64. The summed E-state index contributed by atoms with van der Waals surface area (Å²) >= 11 is 0. The minimum absolute atomic E-state index is 0.0263. The van der Waals surface area contributed by atoms with Crippen LogP contribution in [0.4, 0.5) is 4.39 Å². The van der Waals surface area contributed by atoms with Gasteiger partial charge >= 0.3 is 0 Å². The molecule has 8 nitrogen and oxygen atoms in total. The fraction of sp³-hybridized carbons (Fsp3) is 0.407. The van der Waals surface area contributed by atoms with Crippen LogP contribution in [0.3, 0.4) is 0 Å². The molecule has 1 heterocycles. The Morgan fingerprint density at radius 1 is 1.19 bits per heavy atom. The smallest absolute Gasteiger partial charge is 0.251 e. The molecular formula is C27H34FN5O3. The van der Waals surface area contributed by atoms with Gasteiger partial charge in [0.2, 0.25) is 11.8 Å². The Morgan fingerprint density at radius 3 is 2.50 bits per heavy atom. The average molecular weight is 496 g/mol. The zero-order valence-corrected chi connectivity index (χ0v) is 21.2.